The molecule has 6 nitrogen and oxygen atoms in total. The number of halogens is 1. The van der Waals surface area contributed by atoms with E-state index in [4.69, 9.17) is 11.6 Å². The van der Waals surface area contributed by atoms with Crippen LogP contribution in [0.4, 0.5) is 5.69 Å². The Hall–Kier alpha value is -3.55. The topological polar surface area (TPSA) is 72.8 Å². The average Bonchev–Trinajstić information content (AvgIpc) is 3.22. The van der Waals surface area contributed by atoms with Crippen molar-refractivity contribution >= 4 is 34.3 Å². The van der Waals surface area contributed by atoms with E-state index >= 15 is 0 Å². The first-order chi connectivity index (χ1) is 15.0. The smallest absolute Gasteiger partial charge is 0.270 e. The summed E-state index contributed by atoms with van der Waals surface area (Å²) < 4.78 is 1.95. The van der Waals surface area contributed by atoms with Crippen LogP contribution in [0.5, 0.6) is 0 Å². The third kappa shape index (κ3) is 4.63. The van der Waals surface area contributed by atoms with Gasteiger partial charge < -0.3 is 0 Å². The standard InChI is InChI=1S/C23H17ClN4O2S/c1-16(17-10-12-19(24)13-11-17)25-26-23-27(20-7-3-2-4-8-20)22(15-31-23)18-6-5-9-21(14-18)28(29)30/h2-15H,1H3/b25-16-,26-23+. The van der Waals surface area contributed by atoms with E-state index in [2.05, 4.69) is 10.2 Å². The maximum atomic E-state index is 11.2. The van der Waals surface area contributed by atoms with Crippen LogP contribution >= 0.6 is 22.9 Å². The van der Waals surface area contributed by atoms with Gasteiger partial charge in [0.05, 0.1) is 16.3 Å². The Bertz CT molecular complexity index is 1330. The Kier molecular flexibility index (Phi) is 6.06. The molecule has 0 fully saturated rings. The lowest BCUT2D eigenvalue weighted by atomic mass is 10.1. The van der Waals surface area contributed by atoms with Gasteiger partial charge in [-0.2, -0.15) is 5.10 Å². The van der Waals surface area contributed by atoms with Crippen LogP contribution in [0, 0.1) is 10.1 Å². The molecule has 0 aliphatic heterocycles. The molecular weight excluding hydrogens is 432 g/mol. The van der Waals surface area contributed by atoms with Crippen molar-refractivity contribution in [1.82, 2.24) is 4.57 Å². The zero-order chi connectivity index (χ0) is 21.8. The third-order valence-corrected chi connectivity index (χ3v) is 5.69. The SMILES string of the molecule is C/C(=N/N=c1/scc(-c2cccc([N+](=O)[O-])c2)n1-c1ccccc1)c1ccc(Cl)cc1. The van der Waals surface area contributed by atoms with E-state index in [1.807, 2.05) is 77.5 Å². The molecule has 31 heavy (non-hydrogen) atoms. The van der Waals surface area contributed by atoms with Crippen LogP contribution in [-0.4, -0.2) is 15.2 Å². The summed E-state index contributed by atoms with van der Waals surface area (Å²) in [6.45, 7) is 1.88. The highest BCUT2D eigenvalue weighted by molar-refractivity contribution is 7.07. The van der Waals surface area contributed by atoms with Crippen molar-refractivity contribution in [3.63, 3.8) is 0 Å². The minimum absolute atomic E-state index is 0.0402. The number of para-hydroxylation sites is 1. The van der Waals surface area contributed by atoms with Gasteiger partial charge in [0.25, 0.3) is 5.69 Å². The van der Waals surface area contributed by atoms with Gasteiger partial charge >= 0.3 is 0 Å². The number of nitro benzene ring substituents is 1. The lowest BCUT2D eigenvalue weighted by Gasteiger charge is -2.09. The molecule has 4 aromatic rings. The molecule has 0 atom stereocenters. The van der Waals surface area contributed by atoms with Gasteiger partial charge in [-0.05, 0) is 36.8 Å². The van der Waals surface area contributed by atoms with Gasteiger partial charge in [-0.3, -0.25) is 14.7 Å². The van der Waals surface area contributed by atoms with E-state index in [1.165, 1.54) is 17.4 Å². The molecule has 154 valence electrons. The van der Waals surface area contributed by atoms with Gasteiger partial charge in [-0.1, -0.05) is 54.1 Å². The Balaban J connectivity index is 1.85. The lowest BCUT2D eigenvalue weighted by Crippen LogP contribution is -2.13. The van der Waals surface area contributed by atoms with E-state index in [1.54, 1.807) is 12.1 Å². The molecule has 4 rings (SSSR count). The van der Waals surface area contributed by atoms with Gasteiger partial charge in [0.1, 0.15) is 0 Å². The van der Waals surface area contributed by atoms with Crippen LogP contribution in [0.1, 0.15) is 12.5 Å². The maximum Gasteiger partial charge on any atom is 0.270 e. The largest absolute Gasteiger partial charge is 0.284 e. The van der Waals surface area contributed by atoms with E-state index < -0.39 is 4.92 Å². The number of benzene rings is 3. The predicted molar refractivity (Wildman–Crippen MR) is 125 cm³/mol. The molecule has 0 bridgehead atoms. The van der Waals surface area contributed by atoms with Gasteiger partial charge in [0.15, 0.2) is 0 Å². The summed E-state index contributed by atoms with van der Waals surface area (Å²) in [4.78, 5) is 11.5. The normalized spacial score (nSPS) is 12.2. The van der Waals surface area contributed by atoms with Crippen molar-refractivity contribution < 1.29 is 4.92 Å². The Labute approximate surface area is 187 Å². The van der Waals surface area contributed by atoms with E-state index in [-0.39, 0.29) is 5.69 Å². The first kappa shape index (κ1) is 20.7. The summed E-state index contributed by atoms with van der Waals surface area (Å²) in [5.41, 5.74) is 4.14. The average molecular weight is 449 g/mol. The lowest BCUT2D eigenvalue weighted by molar-refractivity contribution is -0.384. The van der Waals surface area contributed by atoms with Crippen LogP contribution < -0.4 is 4.80 Å². The fraction of sp³-hybridized carbons (Fsp3) is 0.0435. The number of hydrogen-bond acceptors (Lipinski definition) is 5. The zero-order valence-corrected chi connectivity index (χ0v) is 18.0. The number of nitro groups is 1. The van der Waals surface area contributed by atoms with Crippen LogP contribution in [0.25, 0.3) is 16.9 Å². The molecule has 3 aromatic carbocycles. The van der Waals surface area contributed by atoms with Crippen LogP contribution in [0.2, 0.25) is 5.02 Å². The van der Waals surface area contributed by atoms with Crippen molar-refractivity contribution in [3.8, 4) is 16.9 Å². The molecule has 1 heterocycles. The summed E-state index contributed by atoms with van der Waals surface area (Å²) in [6.07, 6.45) is 0. The van der Waals surface area contributed by atoms with Crippen LogP contribution in [-0.2, 0) is 0 Å². The highest BCUT2D eigenvalue weighted by Gasteiger charge is 2.13. The van der Waals surface area contributed by atoms with E-state index in [9.17, 15) is 10.1 Å². The predicted octanol–water partition coefficient (Wildman–Crippen LogP) is 6.09. The molecule has 0 aliphatic carbocycles. The monoisotopic (exact) mass is 448 g/mol. The van der Waals surface area contributed by atoms with Gasteiger partial charge in [0, 0.05) is 33.8 Å². The number of nitrogens with zero attached hydrogens (tertiary/aromatic N) is 4. The number of hydrogen-bond donors (Lipinski definition) is 0. The molecule has 0 unspecified atom stereocenters. The van der Waals surface area contributed by atoms with E-state index in [0.29, 0.717) is 9.82 Å². The maximum absolute atomic E-state index is 11.2. The Morgan fingerprint density at radius 2 is 1.77 bits per heavy atom. The van der Waals surface area contributed by atoms with Crippen LogP contribution in [0.15, 0.2) is 94.4 Å². The fourth-order valence-corrected chi connectivity index (χ4v) is 4.04. The summed E-state index contributed by atoms with van der Waals surface area (Å²) in [5.74, 6) is 0. The molecule has 0 aliphatic rings. The minimum Gasteiger partial charge on any atom is -0.284 e. The van der Waals surface area contributed by atoms with E-state index in [0.717, 1.165) is 28.2 Å². The number of non-ortho nitro benzene ring substituents is 1. The van der Waals surface area contributed by atoms with Gasteiger partial charge in [0.2, 0.25) is 4.80 Å². The highest BCUT2D eigenvalue weighted by atomic mass is 35.5. The molecule has 0 amide bonds. The summed E-state index contributed by atoms with van der Waals surface area (Å²) in [5, 5.41) is 22.7. The van der Waals surface area contributed by atoms with Gasteiger partial charge in [-0.15, -0.1) is 16.4 Å². The number of aromatic nitrogens is 1. The Morgan fingerprint density at radius 1 is 1.03 bits per heavy atom. The quantitative estimate of drug-likeness (QED) is 0.210. The van der Waals surface area contributed by atoms with Crippen molar-refractivity contribution in [1.29, 1.82) is 0 Å². The summed E-state index contributed by atoms with van der Waals surface area (Å²) in [7, 11) is 0. The first-order valence-electron chi connectivity index (χ1n) is 9.38. The number of rotatable bonds is 5. The highest BCUT2D eigenvalue weighted by Crippen LogP contribution is 2.26. The number of thiazole rings is 1. The summed E-state index contributed by atoms with van der Waals surface area (Å²) >= 11 is 7.38. The summed E-state index contributed by atoms with van der Waals surface area (Å²) in [6, 6.07) is 23.7. The van der Waals surface area contributed by atoms with Crippen molar-refractivity contribution in [2.75, 3.05) is 0 Å². The molecule has 0 radical (unpaired) electrons. The van der Waals surface area contributed by atoms with Crippen molar-refractivity contribution in [2.45, 2.75) is 6.92 Å². The molecule has 0 saturated heterocycles. The Morgan fingerprint density at radius 3 is 2.48 bits per heavy atom. The molecular formula is C23H17ClN4O2S. The fourth-order valence-electron chi connectivity index (χ4n) is 3.05. The molecule has 1 aromatic heterocycles. The zero-order valence-electron chi connectivity index (χ0n) is 16.5. The molecule has 8 heteroatoms. The van der Waals surface area contributed by atoms with Crippen molar-refractivity contribution in [2.24, 2.45) is 10.2 Å². The second-order valence-corrected chi connectivity index (χ2v) is 7.95. The molecule has 0 saturated carbocycles. The van der Waals surface area contributed by atoms with Crippen molar-refractivity contribution in [3.05, 3.63) is 110 Å². The van der Waals surface area contributed by atoms with Gasteiger partial charge in [-0.25, -0.2) is 0 Å². The molecule has 0 N–H and O–H groups in total. The second kappa shape index (κ2) is 9.07. The first-order valence-corrected chi connectivity index (χ1v) is 10.6. The second-order valence-electron chi connectivity index (χ2n) is 6.67. The minimum atomic E-state index is -0.395. The van der Waals surface area contributed by atoms with Crippen LogP contribution in [0.3, 0.4) is 0 Å². The molecule has 0 spiro atoms. The third-order valence-electron chi connectivity index (χ3n) is 4.62.